The molecule has 2 unspecified atom stereocenters. The molecule has 27 heavy (non-hydrogen) atoms. The molecule has 6 nitrogen and oxygen atoms in total. The highest BCUT2D eigenvalue weighted by molar-refractivity contribution is 5.51. The van der Waals surface area contributed by atoms with Crippen LogP contribution in [0.5, 0.6) is 0 Å². The summed E-state index contributed by atoms with van der Waals surface area (Å²) in [6.07, 6.45) is 2.58. The van der Waals surface area contributed by atoms with Gasteiger partial charge in [0.15, 0.2) is 0 Å². The zero-order valence-electron chi connectivity index (χ0n) is 14.6. The van der Waals surface area contributed by atoms with Gasteiger partial charge in [0.05, 0.1) is 12.1 Å². The molecule has 0 radical (unpaired) electrons. The summed E-state index contributed by atoms with van der Waals surface area (Å²) in [4.78, 5) is 8.77. The highest BCUT2D eigenvalue weighted by Crippen LogP contribution is 2.25. The second-order valence-corrected chi connectivity index (χ2v) is 6.20. The summed E-state index contributed by atoms with van der Waals surface area (Å²) in [5.74, 6) is 6.52. The predicted octanol–water partition coefficient (Wildman–Crippen LogP) is 2.72. The van der Waals surface area contributed by atoms with Gasteiger partial charge in [-0.2, -0.15) is 4.98 Å². The van der Waals surface area contributed by atoms with E-state index < -0.39 is 0 Å². The molecule has 0 spiro atoms. The number of methoxy groups -OCH3 is 1. The van der Waals surface area contributed by atoms with E-state index in [1.54, 1.807) is 31.5 Å². The smallest absolute Gasteiger partial charge is 0.244 e. The summed E-state index contributed by atoms with van der Waals surface area (Å²) in [7, 11) is 1.69. The molecule has 4 rings (SSSR count). The number of halogens is 1. The molecule has 0 aliphatic carbocycles. The van der Waals surface area contributed by atoms with Crippen LogP contribution in [0.2, 0.25) is 0 Å². The first-order valence-electron chi connectivity index (χ1n) is 8.55. The van der Waals surface area contributed by atoms with Crippen LogP contribution < -0.4 is 5.32 Å². The Morgan fingerprint density at radius 3 is 2.85 bits per heavy atom. The summed E-state index contributed by atoms with van der Waals surface area (Å²) < 4.78 is 23.9. The van der Waals surface area contributed by atoms with Gasteiger partial charge in [0, 0.05) is 31.0 Å². The molecule has 136 valence electrons. The number of hydrogen-bond donors (Lipinski definition) is 1. The van der Waals surface area contributed by atoms with E-state index in [0.29, 0.717) is 28.5 Å². The Morgan fingerprint density at radius 1 is 1.22 bits per heavy atom. The monoisotopic (exact) mass is 364 g/mol. The lowest BCUT2D eigenvalue weighted by atomic mass is 10.2. The third-order valence-corrected chi connectivity index (χ3v) is 4.33. The molecule has 2 aromatic heterocycles. The third kappa shape index (κ3) is 4.03. The highest BCUT2D eigenvalue weighted by Gasteiger charge is 2.29. The number of nitrogens with one attached hydrogen (secondary N) is 1. The van der Waals surface area contributed by atoms with Crippen molar-refractivity contribution in [1.29, 1.82) is 0 Å². The third-order valence-electron chi connectivity index (χ3n) is 4.33. The maximum atomic E-state index is 13.2. The fourth-order valence-corrected chi connectivity index (χ4v) is 2.86. The number of hydrogen-bond acceptors (Lipinski definition) is 6. The Balaban J connectivity index is 1.47. The van der Waals surface area contributed by atoms with Crippen LogP contribution >= 0.6 is 0 Å². The Bertz CT molecular complexity index is 991. The largest absolute Gasteiger partial charge is 0.380 e. The van der Waals surface area contributed by atoms with Gasteiger partial charge in [0.25, 0.3) is 0 Å². The molecule has 1 aliphatic heterocycles. The fraction of sp³-hybridized carbons (Fsp3) is 0.250. The van der Waals surface area contributed by atoms with Crippen LogP contribution in [0.25, 0.3) is 11.5 Å². The van der Waals surface area contributed by atoms with E-state index in [2.05, 4.69) is 32.3 Å². The van der Waals surface area contributed by atoms with E-state index in [4.69, 9.17) is 9.26 Å². The molecule has 1 fully saturated rings. The van der Waals surface area contributed by atoms with Crippen molar-refractivity contribution in [1.82, 2.24) is 20.4 Å². The quantitative estimate of drug-likeness (QED) is 0.721. The average molecular weight is 364 g/mol. The summed E-state index contributed by atoms with van der Waals surface area (Å²) in [5, 5.41) is 7.31. The summed E-state index contributed by atoms with van der Waals surface area (Å²) >= 11 is 0. The van der Waals surface area contributed by atoms with E-state index in [1.165, 1.54) is 12.1 Å². The molecule has 2 atom stereocenters. The zero-order chi connectivity index (χ0) is 18.6. The number of pyridine rings is 1. The van der Waals surface area contributed by atoms with Crippen molar-refractivity contribution < 1.29 is 13.7 Å². The first-order chi connectivity index (χ1) is 13.2. The zero-order valence-corrected chi connectivity index (χ0v) is 14.6. The molecule has 0 bridgehead atoms. The van der Waals surface area contributed by atoms with Gasteiger partial charge in [0.2, 0.25) is 11.7 Å². The Morgan fingerprint density at radius 2 is 2.11 bits per heavy atom. The maximum Gasteiger partial charge on any atom is 0.244 e. The van der Waals surface area contributed by atoms with Crippen molar-refractivity contribution >= 4 is 0 Å². The molecular weight excluding hydrogens is 347 g/mol. The molecule has 3 heterocycles. The van der Waals surface area contributed by atoms with Crippen LogP contribution in [0.1, 0.15) is 29.5 Å². The number of aromatic nitrogens is 3. The van der Waals surface area contributed by atoms with Gasteiger partial charge in [-0.25, -0.2) is 4.39 Å². The van der Waals surface area contributed by atoms with E-state index in [1.807, 2.05) is 6.07 Å². The lowest BCUT2D eigenvalue weighted by Crippen LogP contribution is -2.16. The molecule has 1 N–H and O–H groups in total. The first-order valence-corrected chi connectivity index (χ1v) is 8.55. The normalized spacial score (nSPS) is 18.9. The SMILES string of the molecule is COC1CNC(c2nc(-c3ccc(C#Cc4cccc(F)c4)cn3)no2)C1. The van der Waals surface area contributed by atoms with Crippen molar-refractivity contribution in [2.75, 3.05) is 13.7 Å². The number of nitrogens with zero attached hydrogens (tertiary/aromatic N) is 3. The summed E-state index contributed by atoms with van der Waals surface area (Å²) in [5.41, 5.74) is 1.93. The van der Waals surface area contributed by atoms with Gasteiger partial charge in [-0.1, -0.05) is 23.1 Å². The molecule has 1 aliphatic rings. The van der Waals surface area contributed by atoms with Crippen molar-refractivity contribution in [2.24, 2.45) is 0 Å². The van der Waals surface area contributed by atoms with Crippen molar-refractivity contribution in [3.05, 3.63) is 65.4 Å². The van der Waals surface area contributed by atoms with E-state index in [-0.39, 0.29) is 18.0 Å². The van der Waals surface area contributed by atoms with E-state index >= 15 is 0 Å². The van der Waals surface area contributed by atoms with Crippen molar-refractivity contribution in [2.45, 2.75) is 18.6 Å². The first kappa shape index (κ1) is 17.3. The second kappa shape index (κ2) is 7.66. The van der Waals surface area contributed by atoms with E-state index in [9.17, 15) is 4.39 Å². The second-order valence-electron chi connectivity index (χ2n) is 6.20. The standard InChI is InChI=1S/C20H17FN4O2/c1-26-16-10-18(23-12-16)20-24-19(25-27-20)17-8-7-14(11-22-17)6-5-13-3-2-4-15(21)9-13/h2-4,7-9,11,16,18,23H,10,12H2,1H3. The number of rotatable bonds is 3. The Hall–Kier alpha value is -3.08. The molecule has 1 aromatic carbocycles. The van der Waals surface area contributed by atoms with Gasteiger partial charge < -0.3 is 14.6 Å². The molecule has 0 amide bonds. The maximum absolute atomic E-state index is 13.2. The van der Waals surface area contributed by atoms with Crippen LogP contribution in [0, 0.1) is 17.7 Å². The molecule has 1 saturated heterocycles. The Kier molecular flexibility index (Phi) is 4.92. The minimum absolute atomic E-state index is 0.00684. The Labute approximate surface area is 155 Å². The van der Waals surface area contributed by atoms with Crippen LogP contribution in [0.4, 0.5) is 4.39 Å². The molecule has 0 saturated carbocycles. The minimum Gasteiger partial charge on any atom is -0.380 e. The van der Waals surface area contributed by atoms with E-state index in [0.717, 1.165) is 13.0 Å². The van der Waals surface area contributed by atoms with Crippen LogP contribution in [-0.4, -0.2) is 34.9 Å². The summed E-state index contributed by atoms with van der Waals surface area (Å²) in [6, 6.07) is 9.75. The fourth-order valence-electron chi connectivity index (χ4n) is 2.86. The van der Waals surface area contributed by atoms with Crippen molar-refractivity contribution in [3.8, 4) is 23.4 Å². The van der Waals surface area contributed by atoms with Gasteiger partial charge in [-0.05, 0) is 36.8 Å². The van der Waals surface area contributed by atoms with Crippen LogP contribution in [0.15, 0.2) is 47.1 Å². The predicted molar refractivity (Wildman–Crippen MR) is 96.1 cm³/mol. The summed E-state index contributed by atoms with van der Waals surface area (Å²) in [6.45, 7) is 0.760. The number of benzene rings is 1. The lowest BCUT2D eigenvalue weighted by molar-refractivity contribution is 0.116. The van der Waals surface area contributed by atoms with Crippen LogP contribution in [-0.2, 0) is 4.74 Å². The van der Waals surface area contributed by atoms with Crippen LogP contribution in [0.3, 0.4) is 0 Å². The lowest BCUT2D eigenvalue weighted by Gasteiger charge is -2.04. The van der Waals surface area contributed by atoms with Gasteiger partial charge in [-0.3, -0.25) is 4.98 Å². The minimum atomic E-state index is -0.309. The topological polar surface area (TPSA) is 73.1 Å². The van der Waals surface area contributed by atoms with Gasteiger partial charge in [0.1, 0.15) is 11.5 Å². The number of ether oxygens (including phenoxy) is 1. The highest BCUT2D eigenvalue weighted by atomic mass is 19.1. The average Bonchev–Trinajstić information content (AvgIpc) is 3.36. The molecule has 3 aromatic rings. The molecule has 7 heteroatoms. The molecular formula is C20H17FN4O2. The van der Waals surface area contributed by atoms with Gasteiger partial charge in [-0.15, -0.1) is 0 Å². The van der Waals surface area contributed by atoms with Crippen molar-refractivity contribution in [3.63, 3.8) is 0 Å². The van der Waals surface area contributed by atoms with Gasteiger partial charge >= 0.3 is 0 Å².